The third kappa shape index (κ3) is 5.01. The van der Waals surface area contributed by atoms with Crippen LogP contribution in [0.15, 0.2) is 79.1 Å². The van der Waals surface area contributed by atoms with Gasteiger partial charge in [0.2, 0.25) is 5.91 Å². The smallest absolute Gasteiger partial charge is 0.248 e. The highest BCUT2D eigenvalue weighted by atomic mass is 19.1. The number of nitrogens with zero attached hydrogens (tertiary/aromatic N) is 1. The first kappa shape index (κ1) is 17.4. The van der Waals surface area contributed by atoms with E-state index in [1.165, 1.54) is 18.2 Å². The number of rotatable bonds is 6. The summed E-state index contributed by atoms with van der Waals surface area (Å²) in [4.78, 5) is 15.9. The molecule has 0 spiro atoms. The summed E-state index contributed by atoms with van der Waals surface area (Å²) in [5, 5.41) is 2.50. The summed E-state index contributed by atoms with van der Waals surface area (Å²) in [6, 6.07) is 17.2. The van der Waals surface area contributed by atoms with Crippen LogP contribution in [0.3, 0.4) is 0 Å². The van der Waals surface area contributed by atoms with Crippen molar-refractivity contribution in [1.29, 1.82) is 0 Å². The predicted molar refractivity (Wildman–Crippen MR) is 99.1 cm³/mol. The Kier molecular flexibility index (Phi) is 5.72. The molecular formula is C21H17FN2O2. The lowest BCUT2D eigenvalue weighted by Gasteiger charge is -2.06. The van der Waals surface area contributed by atoms with Crippen LogP contribution in [0.25, 0.3) is 6.08 Å². The largest absolute Gasteiger partial charge is 0.489 e. The molecule has 3 aromatic rings. The van der Waals surface area contributed by atoms with Crippen molar-refractivity contribution in [2.75, 3.05) is 5.32 Å². The van der Waals surface area contributed by atoms with Crippen molar-refractivity contribution in [2.24, 2.45) is 0 Å². The number of benzene rings is 2. The monoisotopic (exact) mass is 348 g/mol. The van der Waals surface area contributed by atoms with Crippen LogP contribution >= 0.6 is 0 Å². The number of nitrogens with one attached hydrogen (secondary N) is 1. The van der Waals surface area contributed by atoms with Gasteiger partial charge >= 0.3 is 0 Å². The number of anilines is 1. The summed E-state index contributed by atoms with van der Waals surface area (Å²) in [6.45, 7) is 0.439. The molecule has 0 saturated heterocycles. The molecule has 0 aliphatic carbocycles. The van der Waals surface area contributed by atoms with Gasteiger partial charge in [0.1, 0.15) is 18.2 Å². The summed E-state index contributed by atoms with van der Waals surface area (Å²) >= 11 is 0. The van der Waals surface area contributed by atoms with Gasteiger partial charge < -0.3 is 10.1 Å². The van der Waals surface area contributed by atoms with Crippen molar-refractivity contribution in [3.63, 3.8) is 0 Å². The predicted octanol–water partition coefficient (Wildman–Crippen LogP) is 4.45. The average molecular weight is 348 g/mol. The van der Waals surface area contributed by atoms with Crippen molar-refractivity contribution < 1.29 is 13.9 Å². The quantitative estimate of drug-likeness (QED) is 0.670. The van der Waals surface area contributed by atoms with Gasteiger partial charge in [0.15, 0.2) is 0 Å². The van der Waals surface area contributed by atoms with Crippen LogP contribution in [-0.4, -0.2) is 10.9 Å². The van der Waals surface area contributed by atoms with Gasteiger partial charge in [-0.2, -0.15) is 0 Å². The summed E-state index contributed by atoms with van der Waals surface area (Å²) in [5.41, 5.74) is 1.98. The minimum absolute atomic E-state index is 0.154. The van der Waals surface area contributed by atoms with Gasteiger partial charge in [-0.05, 0) is 42.0 Å². The third-order valence-corrected chi connectivity index (χ3v) is 3.57. The minimum Gasteiger partial charge on any atom is -0.489 e. The lowest BCUT2D eigenvalue weighted by Crippen LogP contribution is -2.08. The fourth-order valence-corrected chi connectivity index (χ4v) is 2.23. The molecule has 3 rings (SSSR count). The molecule has 0 atom stereocenters. The van der Waals surface area contributed by atoms with Gasteiger partial charge in [-0.15, -0.1) is 0 Å². The Bertz CT molecular complexity index is 893. The maximum absolute atomic E-state index is 13.5. The molecule has 4 nitrogen and oxygen atoms in total. The SMILES string of the molecule is O=C(/C=C/c1ccc(OCc2cccnc2)cc1)Nc1ccccc1F. The van der Waals surface area contributed by atoms with Crippen LogP contribution in [0.4, 0.5) is 10.1 Å². The number of amides is 1. The van der Waals surface area contributed by atoms with E-state index in [0.29, 0.717) is 6.61 Å². The van der Waals surface area contributed by atoms with E-state index in [2.05, 4.69) is 10.3 Å². The highest BCUT2D eigenvalue weighted by Gasteiger charge is 2.03. The molecular weight excluding hydrogens is 331 g/mol. The molecule has 1 N–H and O–H groups in total. The maximum atomic E-state index is 13.5. The molecule has 5 heteroatoms. The fraction of sp³-hybridized carbons (Fsp3) is 0.0476. The molecule has 130 valence electrons. The van der Waals surface area contributed by atoms with Gasteiger partial charge in [0, 0.05) is 24.0 Å². The number of carbonyl (C=O) groups excluding carboxylic acids is 1. The van der Waals surface area contributed by atoms with E-state index < -0.39 is 11.7 Å². The van der Waals surface area contributed by atoms with Crippen LogP contribution < -0.4 is 10.1 Å². The molecule has 1 heterocycles. The second kappa shape index (κ2) is 8.58. The number of para-hydroxylation sites is 1. The van der Waals surface area contributed by atoms with Crippen molar-refractivity contribution in [2.45, 2.75) is 6.61 Å². The van der Waals surface area contributed by atoms with Crippen molar-refractivity contribution in [1.82, 2.24) is 4.98 Å². The summed E-state index contributed by atoms with van der Waals surface area (Å²) in [6.07, 6.45) is 6.48. The Labute approximate surface area is 151 Å². The fourth-order valence-electron chi connectivity index (χ4n) is 2.23. The third-order valence-electron chi connectivity index (χ3n) is 3.57. The number of halogens is 1. The number of aromatic nitrogens is 1. The maximum Gasteiger partial charge on any atom is 0.248 e. The van der Waals surface area contributed by atoms with E-state index in [1.807, 2.05) is 36.4 Å². The van der Waals surface area contributed by atoms with Gasteiger partial charge in [0.05, 0.1) is 5.69 Å². The van der Waals surface area contributed by atoms with Gasteiger partial charge in [-0.1, -0.05) is 30.3 Å². The Balaban J connectivity index is 1.54. The molecule has 26 heavy (non-hydrogen) atoms. The highest BCUT2D eigenvalue weighted by molar-refractivity contribution is 6.01. The zero-order valence-electron chi connectivity index (χ0n) is 13.9. The number of hydrogen-bond donors (Lipinski definition) is 1. The van der Waals surface area contributed by atoms with Crippen LogP contribution in [0.2, 0.25) is 0 Å². The van der Waals surface area contributed by atoms with Crippen molar-refractivity contribution in [3.05, 3.63) is 96.1 Å². The molecule has 0 radical (unpaired) electrons. The number of ether oxygens (including phenoxy) is 1. The molecule has 0 aliphatic heterocycles. The van der Waals surface area contributed by atoms with Gasteiger partial charge in [-0.3, -0.25) is 9.78 Å². The topological polar surface area (TPSA) is 51.2 Å². The molecule has 0 unspecified atom stereocenters. The zero-order valence-corrected chi connectivity index (χ0v) is 13.9. The Morgan fingerprint density at radius 1 is 1.08 bits per heavy atom. The molecule has 1 amide bonds. The normalized spacial score (nSPS) is 10.7. The number of pyridine rings is 1. The van der Waals surface area contributed by atoms with Crippen LogP contribution in [-0.2, 0) is 11.4 Å². The molecule has 2 aromatic carbocycles. The summed E-state index contributed by atoms with van der Waals surface area (Å²) in [7, 11) is 0. The lowest BCUT2D eigenvalue weighted by molar-refractivity contribution is -0.111. The Morgan fingerprint density at radius 2 is 1.88 bits per heavy atom. The first-order valence-electron chi connectivity index (χ1n) is 8.06. The molecule has 0 bridgehead atoms. The van der Waals surface area contributed by atoms with Crippen LogP contribution in [0, 0.1) is 5.82 Å². The van der Waals surface area contributed by atoms with Crippen LogP contribution in [0.1, 0.15) is 11.1 Å². The van der Waals surface area contributed by atoms with Gasteiger partial charge in [-0.25, -0.2) is 4.39 Å². The first-order chi connectivity index (χ1) is 12.7. The molecule has 0 aliphatic rings. The Morgan fingerprint density at radius 3 is 2.62 bits per heavy atom. The second-order valence-electron chi connectivity index (χ2n) is 5.52. The van der Waals surface area contributed by atoms with E-state index in [4.69, 9.17) is 4.74 Å². The second-order valence-corrected chi connectivity index (χ2v) is 5.52. The molecule has 0 saturated carbocycles. The molecule has 1 aromatic heterocycles. The number of carbonyl (C=O) groups is 1. The van der Waals surface area contributed by atoms with E-state index in [0.717, 1.165) is 16.9 Å². The van der Waals surface area contributed by atoms with Gasteiger partial charge in [0.25, 0.3) is 0 Å². The zero-order chi connectivity index (χ0) is 18.2. The summed E-state index contributed by atoms with van der Waals surface area (Å²) in [5.74, 6) is -0.141. The standard InChI is InChI=1S/C21H17FN2O2/c22-19-5-1-2-6-20(19)24-21(25)12-9-16-7-10-18(11-8-16)26-15-17-4-3-13-23-14-17/h1-14H,15H2,(H,24,25)/b12-9+. The van der Waals surface area contributed by atoms with E-state index in [9.17, 15) is 9.18 Å². The lowest BCUT2D eigenvalue weighted by atomic mass is 10.2. The van der Waals surface area contributed by atoms with E-state index in [1.54, 1.807) is 30.6 Å². The van der Waals surface area contributed by atoms with E-state index >= 15 is 0 Å². The summed E-state index contributed by atoms with van der Waals surface area (Å²) < 4.78 is 19.2. The van der Waals surface area contributed by atoms with Crippen LogP contribution in [0.5, 0.6) is 5.75 Å². The van der Waals surface area contributed by atoms with Crippen molar-refractivity contribution >= 4 is 17.7 Å². The Hall–Kier alpha value is -3.47. The molecule has 0 fully saturated rings. The minimum atomic E-state index is -0.468. The van der Waals surface area contributed by atoms with E-state index in [-0.39, 0.29) is 5.69 Å². The first-order valence-corrected chi connectivity index (χ1v) is 8.06. The van der Waals surface area contributed by atoms with Crippen molar-refractivity contribution in [3.8, 4) is 5.75 Å². The average Bonchev–Trinajstić information content (AvgIpc) is 2.68. The number of hydrogen-bond acceptors (Lipinski definition) is 3. The highest BCUT2D eigenvalue weighted by Crippen LogP contribution is 2.16.